The number of carbonyl (C=O) groups is 1. The van der Waals surface area contributed by atoms with Gasteiger partial charge in [-0.1, -0.05) is 45.2 Å². The summed E-state index contributed by atoms with van der Waals surface area (Å²) in [5.41, 5.74) is 1.49. The molecule has 2 N–H and O–H groups in total. The van der Waals surface area contributed by atoms with E-state index in [2.05, 4.69) is 19.2 Å². The molecule has 1 unspecified atom stereocenters. The molecule has 0 aliphatic rings. The van der Waals surface area contributed by atoms with Crippen molar-refractivity contribution in [1.29, 1.82) is 0 Å². The molecule has 1 aromatic carbocycles. The summed E-state index contributed by atoms with van der Waals surface area (Å²) in [6.45, 7) is 5.24. The van der Waals surface area contributed by atoms with E-state index in [1.54, 1.807) is 12.1 Å². The Bertz CT molecular complexity index is 373. The van der Waals surface area contributed by atoms with Crippen LogP contribution in [0.5, 0.6) is 0 Å². The Morgan fingerprint density at radius 1 is 1.16 bits per heavy atom. The molecule has 0 bridgehead atoms. The highest BCUT2D eigenvalue weighted by molar-refractivity contribution is 5.87. The number of benzene rings is 1. The van der Waals surface area contributed by atoms with E-state index in [1.807, 2.05) is 12.1 Å². The Labute approximate surface area is 116 Å². The Morgan fingerprint density at radius 2 is 1.84 bits per heavy atom. The van der Waals surface area contributed by atoms with E-state index in [4.69, 9.17) is 5.11 Å². The third-order valence-electron chi connectivity index (χ3n) is 3.34. The second-order valence-electron chi connectivity index (χ2n) is 5.01. The van der Waals surface area contributed by atoms with Crippen LogP contribution in [0.3, 0.4) is 0 Å². The largest absolute Gasteiger partial charge is 0.478 e. The van der Waals surface area contributed by atoms with Crippen LogP contribution in [0.15, 0.2) is 24.3 Å². The molecular formula is C16H25NO2. The molecule has 0 aliphatic carbocycles. The molecule has 19 heavy (non-hydrogen) atoms. The van der Waals surface area contributed by atoms with Crippen LogP contribution in [-0.2, 0) is 6.54 Å². The first-order valence-corrected chi connectivity index (χ1v) is 7.23. The molecule has 0 saturated heterocycles. The van der Waals surface area contributed by atoms with Crippen molar-refractivity contribution in [2.75, 3.05) is 0 Å². The highest BCUT2D eigenvalue weighted by atomic mass is 16.4. The SMILES string of the molecule is CCCCC(CCC)NCc1ccc(C(=O)O)cc1. The van der Waals surface area contributed by atoms with E-state index in [-0.39, 0.29) is 0 Å². The van der Waals surface area contributed by atoms with Crippen LogP contribution < -0.4 is 5.32 Å². The fraction of sp³-hybridized carbons (Fsp3) is 0.562. The molecule has 1 atom stereocenters. The van der Waals surface area contributed by atoms with Crippen molar-refractivity contribution in [3.8, 4) is 0 Å². The molecular weight excluding hydrogens is 238 g/mol. The van der Waals surface area contributed by atoms with Gasteiger partial charge in [0.25, 0.3) is 0 Å². The number of rotatable bonds is 9. The fourth-order valence-corrected chi connectivity index (χ4v) is 2.17. The summed E-state index contributed by atoms with van der Waals surface area (Å²) in [4.78, 5) is 10.8. The zero-order valence-corrected chi connectivity index (χ0v) is 12.0. The van der Waals surface area contributed by atoms with Gasteiger partial charge in [-0.25, -0.2) is 4.79 Å². The zero-order chi connectivity index (χ0) is 14.1. The van der Waals surface area contributed by atoms with Crippen LogP contribution in [-0.4, -0.2) is 17.1 Å². The lowest BCUT2D eigenvalue weighted by molar-refractivity contribution is 0.0697. The number of carboxylic acid groups (broad SMARTS) is 1. The Morgan fingerprint density at radius 3 is 2.37 bits per heavy atom. The molecule has 1 rings (SSSR count). The van der Waals surface area contributed by atoms with Crippen molar-refractivity contribution in [3.63, 3.8) is 0 Å². The number of hydrogen-bond donors (Lipinski definition) is 2. The molecule has 0 spiro atoms. The minimum absolute atomic E-state index is 0.347. The zero-order valence-electron chi connectivity index (χ0n) is 12.0. The first kappa shape index (κ1) is 15.7. The van der Waals surface area contributed by atoms with Crippen LogP contribution in [0.25, 0.3) is 0 Å². The van der Waals surface area contributed by atoms with Gasteiger partial charge in [0, 0.05) is 12.6 Å². The number of unbranched alkanes of at least 4 members (excludes halogenated alkanes) is 1. The summed E-state index contributed by atoms with van der Waals surface area (Å²) < 4.78 is 0. The van der Waals surface area contributed by atoms with Crippen molar-refractivity contribution in [3.05, 3.63) is 35.4 Å². The Hall–Kier alpha value is -1.35. The molecule has 0 saturated carbocycles. The Balaban J connectivity index is 2.46. The van der Waals surface area contributed by atoms with Gasteiger partial charge in [0.1, 0.15) is 0 Å². The van der Waals surface area contributed by atoms with Crippen molar-refractivity contribution in [2.45, 2.75) is 58.5 Å². The summed E-state index contributed by atoms with van der Waals surface area (Å²) in [7, 11) is 0. The van der Waals surface area contributed by atoms with Crippen molar-refractivity contribution < 1.29 is 9.90 Å². The van der Waals surface area contributed by atoms with E-state index >= 15 is 0 Å². The highest BCUT2D eigenvalue weighted by Crippen LogP contribution is 2.09. The van der Waals surface area contributed by atoms with Crippen molar-refractivity contribution in [1.82, 2.24) is 5.32 Å². The molecule has 0 aliphatic heterocycles. The average Bonchev–Trinajstić information content (AvgIpc) is 2.42. The first-order chi connectivity index (χ1) is 9.17. The van der Waals surface area contributed by atoms with Gasteiger partial charge in [0.05, 0.1) is 5.56 Å². The van der Waals surface area contributed by atoms with E-state index in [0.717, 1.165) is 12.1 Å². The van der Waals surface area contributed by atoms with E-state index in [9.17, 15) is 4.79 Å². The van der Waals surface area contributed by atoms with Crippen molar-refractivity contribution in [2.24, 2.45) is 0 Å². The summed E-state index contributed by atoms with van der Waals surface area (Å²) in [6.07, 6.45) is 6.11. The summed E-state index contributed by atoms with van der Waals surface area (Å²) in [5.74, 6) is -0.869. The molecule has 1 aromatic rings. The molecule has 0 amide bonds. The van der Waals surface area contributed by atoms with Gasteiger partial charge < -0.3 is 10.4 Å². The summed E-state index contributed by atoms with van der Waals surface area (Å²) in [5, 5.41) is 12.4. The van der Waals surface area contributed by atoms with Crippen LogP contribution in [0.1, 0.15) is 61.9 Å². The monoisotopic (exact) mass is 263 g/mol. The second-order valence-corrected chi connectivity index (χ2v) is 5.01. The lowest BCUT2D eigenvalue weighted by Gasteiger charge is -2.18. The van der Waals surface area contributed by atoms with Crippen LogP contribution in [0.4, 0.5) is 0 Å². The predicted molar refractivity (Wildman–Crippen MR) is 78.5 cm³/mol. The number of hydrogen-bond acceptors (Lipinski definition) is 2. The standard InChI is InChI=1S/C16H25NO2/c1-3-5-7-15(6-4-2)17-12-13-8-10-14(11-9-13)16(18)19/h8-11,15,17H,3-7,12H2,1-2H3,(H,18,19). The molecule has 0 aromatic heterocycles. The lowest BCUT2D eigenvalue weighted by Crippen LogP contribution is -2.28. The van der Waals surface area contributed by atoms with E-state index < -0.39 is 5.97 Å². The summed E-state index contributed by atoms with van der Waals surface area (Å²) in [6, 6.07) is 7.68. The quantitative estimate of drug-likeness (QED) is 0.712. The van der Waals surface area contributed by atoms with Crippen LogP contribution >= 0.6 is 0 Å². The Kier molecular flexibility index (Phi) is 7.19. The van der Waals surface area contributed by atoms with E-state index in [1.165, 1.54) is 32.1 Å². The lowest BCUT2D eigenvalue weighted by atomic mass is 10.0. The molecule has 0 heterocycles. The van der Waals surface area contributed by atoms with E-state index in [0.29, 0.717) is 11.6 Å². The highest BCUT2D eigenvalue weighted by Gasteiger charge is 2.07. The van der Waals surface area contributed by atoms with Gasteiger partial charge in [-0.3, -0.25) is 0 Å². The van der Waals surface area contributed by atoms with Gasteiger partial charge in [-0.15, -0.1) is 0 Å². The second kappa shape index (κ2) is 8.70. The molecule has 0 radical (unpaired) electrons. The third-order valence-corrected chi connectivity index (χ3v) is 3.34. The maximum atomic E-state index is 10.8. The van der Waals surface area contributed by atoms with Crippen LogP contribution in [0.2, 0.25) is 0 Å². The maximum Gasteiger partial charge on any atom is 0.335 e. The average molecular weight is 263 g/mol. The number of aromatic carboxylic acids is 1. The van der Waals surface area contributed by atoms with Gasteiger partial charge in [0.2, 0.25) is 0 Å². The topological polar surface area (TPSA) is 49.3 Å². The summed E-state index contributed by atoms with van der Waals surface area (Å²) >= 11 is 0. The predicted octanol–water partition coefficient (Wildman–Crippen LogP) is 3.83. The molecule has 3 heteroatoms. The molecule has 106 valence electrons. The van der Waals surface area contributed by atoms with Crippen LogP contribution in [0, 0.1) is 0 Å². The first-order valence-electron chi connectivity index (χ1n) is 7.23. The van der Waals surface area contributed by atoms with Gasteiger partial charge in [0.15, 0.2) is 0 Å². The minimum Gasteiger partial charge on any atom is -0.478 e. The van der Waals surface area contributed by atoms with Crippen molar-refractivity contribution >= 4 is 5.97 Å². The van der Waals surface area contributed by atoms with Gasteiger partial charge in [-0.05, 0) is 30.5 Å². The number of nitrogens with one attached hydrogen (secondary N) is 1. The van der Waals surface area contributed by atoms with Gasteiger partial charge in [-0.2, -0.15) is 0 Å². The minimum atomic E-state index is -0.869. The number of carboxylic acids is 1. The third kappa shape index (κ3) is 5.88. The molecule has 3 nitrogen and oxygen atoms in total. The smallest absolute Gasteiger partial charge is 0.335 e. The van der Waals surface area contributed by atoms with Gasteiger partial charge >= 0.3 is 5.97 Å². The fourth-order valence-electron chi connectivity index (χ4n) is 2.17. The normalized spacial score (nSPS) is 12.3. The molecule has 0 fully saturated rings. The maximum absolute atomic E-state index is 10.8.